The molecule has 12 nitrogen and oxygen atoms in total. The van der Waals surface area contributed by atoms with E-state index in [1.165, 1.54) is 36.4 Å². The van der Waals surface area contributed by atoms with Crippen molar-refractivity contribution in [3.05, 3.63) is 92.1 Å². The SMILES string of the molecule is N#CC(C#N)=C1C(c2cnc(C#N)nc2F)=C(C#N)c2c(F)c3c(c(F)c21)C(C#N)=C(c1cnc(C#N)nc1F)C3=C(C#N)C#N. The van der Waals surface area contributed by atoms with Crippen molar-refractivity contribution in [2.24, 2.45) is 0 Å². The molecule has 16 heteroatoms. The van der Waals surface area contributed by atoms with Gasteiger partial charge in [0.25, 0.3) is 0 Å². The van der Waals surface area contributed by atoms with Gasteiger partial charge in [-0.2, -0.15) is 60.8 Å². The molecule has 0 atom stereocenters. The van der Waals surface area contributed by atoms with Gasteiger partial charge in [0.2, 0.25) is 23.5 Å². The van der Waals surface area contributed by atoms with Crippen LogP contribution in [0, 0.1) is 114 Å². The van der Waals surface area contributed by atoms with Crippen molar-refractivity contribution in [3.8, 4) is 48.6 Å². The second-order valence-corrected chi connectivity index (χ2v) is 8.82. The molecular weight excluding hydrogens is 604 g/mol. The van der Waals surface area contributed by atoms with E-state index in [2.05, 4.69) is 19.9 Å². The Morgan fingerprint density at radius 3 is 1.11 bits per heavy atom. The predicted octanol–water partition coefficient (Wildman–Crippen LogP) is 4.06. The third-order valence-electron chi connectivity index (χ3n) is 6.77. The van der Waals surface area contributed by atoms with Gasteiger partial charge in [-0.1, -0.05) is 0 Å². The van der Waals surface area contributed by atoms with Crippen LogP contribution in [0.4, 0.5) is 17.6 Å². The van der Waals surface area contributed by atoms with Gasteiger partial charge in [-0.15, -0.1) is 0 Å². The quantitative estimate of drug-likeness (QED) is 0.228. The standard InChI is InChI=1S/C30H2F4N12/c31-27-24-14(6-40)22(16-10-44-18(8-42)46-30(16)34)20(12(3-37)4-38)26(24)28(32)23-13(5-39)21(19(25(23)27)11(1-35)2-36)15-9-43-17(7-41)45-29(15)33/h9-10H. The van der Waals surface area contributed by atoms with E-state index < -0.39 is 113 Å². The molecule has 0 radical (unpaired) electrons. The van der Waals surface area contributed by atoms with Crippen LogP contribution in [0.5, 0.6) is 0 Å². The molecule has 1 aromatic carbocycles. The molecule has 2 aromatic heterocycles. The monoisotopic (exact) mass is 606 g/mol. The summed E-state index contributed by atoms with van der Waals surface area (Å²) in [5.41, 5.74) is -11.9. The number of benzene rings is 1. The van der Waals surface area contributed by atoms with E-state index in [0.29, 0.717) is 12.4 Å². The molecule has 0 saturated carbocycles. The molecule has 5 rings (SSSR count). The highest BCUT2D eigenvalue weighted by Crippen LogP contribution is 2.57. The van der Waals surface area contributed by atoms with E-state index in [0.717, 1.165) is 0 Å². The highest BCUT2D eigenvalue weighted by molar-refractivity contribution is 6.30. The van der Waals surface area contributed by atoms with Gasteiger partial charge in [-0.25, -0.2) is 18.7 Å². The van der Waals surface area contributed by atoms with E-state index in [-0.39, 0.29) is 0 Å². The minimum Gasteiger partial charge on any atom is -0.227 e. The third-order valence-corrected chi connectivity index (χ3v) is 6.77. The van der Waals surface area contributed by atoms with E-state index in [1.54, 1.807) is 12.1 Å². The number of rotatable bonds is 2. The van der Waals surface area contributed by atoms with Gasteiger partial charge in [0.1, 0.15) is 71.3 Å². The van der Waals surface area contributed by atoms with Crippen LogP contribution in [0.3, 0.4) is 0 Å². The third kappa shape index (κ3) is 3.92. The van der Waals surface area contributed by atoms with Gasteiger partial charge in [0.15, 0.2) is 0 Å². The lowest BCUT2D eigenvalue weighted by atomic mass is 9.89. The molecule has 0 bridgehead atoms. The Hall–Kier alpha value is -8.02. The van der Waals surface area contributed by atoms with Crippen molar-refractivity contribution in [2.75, 3.05) is 0 Å². The molecule has 0 aliphatic heterocycles. The van der Waals surface area contributed by atoms with Crippen LogP contribution in [-0.4, -0.2) is 19.9 Å². The largest absolute Gasteiger partial charge is 0.234 e. The highest BCUT2D eigenvalue weighted by Gasteiger charge is 2.45. The number of aromatic nitrogens is 4. The summed E-state index contributed by atoms with van der Waals surface area (Å²) in [6.45, 7) is 0. The minimum absolute atomic E-state index is 0.663. The number of hydrogen-bond donors (Lipinski definition) is 0. The van der Waals surface area contributed by atoms with Crippen LogP contribution in [0.25, 0.3) is 33.4 Å². The average molecular weight is 606 g/mol. The average Bonchev–Trinajstić information content (AvgIpc) is 3.59. The van der Waals surface area contributed by atoms with Crippen LogP contribution in [-0.2, 0) is 0 Å². The Morgan fingerprint density at radius 2 is 0.848 bits per heavy atom. The number of halogens is 4. The molecule has 2 heterocycles. The molecule has 46 heavy (non-hydrogen) atoms. The first-order chi connectivity index (χ1) is 22.2. The Morgan fingerprint density at radius 1 is 0.500 bits per heavy atom. The van der Waals surface area contributed by atoms with E-state index in [1.807, 2.05) is 0 Å². The maximum atomic E-state index is 16.9. The van der Waals surface area contributed by atoms with Gasteiger partial charge in [0, 0.05) is 56.9 Å². The molecule has 2 aliphatic carbocycles. The van der Waals surface area contributed by atoms with Crippen LogP contribution in [0.15, 0.2) is 23.5 Å². The predicted molar refractivity (Wildman–Crippen MR) is 141 cm³/mol. The van der Waals surface area contributed by atoms with Crippen molar-refractivity contribution < 1.29 is 17.6 Å². The fourth-order valence-electron chi connectivity index (χ4n) is 5.08. The first-order valence-corrected chi connectivity index (χ1v) is 12.0. The second-order valence-electron chi connectivity index (χ2n) is 8.82. The van der Waals surface area contributed by atoms with Crippen LogP contribution < -0.4 is 0 Å². The Balaban J connectivity index is 2.03. The zero-order chi connectivity index (χ0) is 33.4. The van der Waals surface area contributed by atoms with Gasteiger partial charge in [-0.3, -0.25) is 0 Å². The summed E-state index contributed by atoms with van der Waals surface area (Å²) in [5, 5.41) is 77.3. The minimum atomic E-state index is -1.57. The van der Waals surface area contributed by atoms with Crippen LogP contribution in [0.1, 0.15) is 45.0 Å². The molecule has 0 amide bonds. The van der Waals surface area contributed by atoms with Gasteiger partial charge < -0.3 is 0 Å². The number of hydrogen-bond acceptors (Lipinski definition) is 12. The lowest BCUT2D eigenvalue weighted by Crippen LogP contribution is -2.05. The second kappa shape index (κ2) is 11.0. The first kappa shape index (κ1) is 29.5. The lowest BCUT2D eigenvalue weighted by molar-refractivity contribution is 0.573. The number of nitrogens with zero attached hydrogens (tertiary/aromatic N) is 12. The van der Waals surface area contributed by atoms with Crippen molar-refractivity contribution in [1.82, 2.24) is 19.9 Å². The maximum Gasteiger partial charge on any atom is 0.234 e. The molecule has 0 saturated heterocycles. The summed E-state index contributed by atoms with van der Waals surface area (Å²) >= 11 is 0. The fourth-order valence-corrected chi connectivity index (χ4v) is 5.08. The molecule has 0 N–H and O–H groups in total. The molecule has 0 spiro atoms. The molecular formula is C30H2F4N12. The van der Waals surface area contributed by atoms with Crippen LogP contribution in [0.2, 0.25) is 0 Å². The smallest absolute Gasteiger partial charge is 0.227 e. The topological polar surface area (TPSA) is 242 Å². The van der Waals surface area contributed by atoms with E-state index in [9.17, 15) is 31.6 Å². The van der Waals surface area contributed by atoms with Gasteiger partial charge in [-0.05, 0) is 0 Å². The highest BCUT2D eigenvalue weighted by atomic mass is 19.1. The van der Waals surface area contributed by atoms with Crippen molar-refractivity contribution >= 4 is 33.4 Å². The fraction of sp³-hybridized carbons (Fsp3) is 0. The first-order valence-electron chi connectivity index (χ1n) is 12.0. The summed E-state index contributed by atoms with van der Waals surface area (Å²) in [5.74, 6) is -7.39. The molecule has 2 aliphatic rings. The zero-order valence-corrected chi connectivity index (χ0v) is 22.0. The molecule has 0 unspecified atom stereocenters. The van der Waals surface area contributed by atoms with Gasteiger partial charge >= 0.3 is 0 Å². The van der Waals surface area contributed by atoms with Crippen molar-refractivity contribution in [2.45, 2.75) is 0 Å². The normalized spacial score (nSPS) is 12.3. The zero-order valence-electron chi connectivity index (χ0n) is 22.0. The molecule has 0 fully saturated rings. The number of nitriles is 8. The van der Waals surface area contributed by atoms with Gasteiger partial charge in [0.05, 0.1) is 22.3 Å². The summed E-state index contributed by atoms with van der Waals surface area (Å²) in [4.78, 5) is 13.8. The Bertz CT molecular complexity index is 2290. The summed E-state index contributed by atoms with van der Waals surface area (Å²) in [6, 6.07) is 12.0. The van der Waals surface area contributed by atoms with E-state index in [4.69, 9.17) is 10.5 Å². The summed E-state index contributed by atoms with van der Waals surface area (Å²) < 4.78 is 64.1. The Kier molecular flexibility index (Phi) is 7.05. The number of allylic oxidation sites excluding steroid dienone is 8. The van der Waals surface area contributed by atoms with Crippen molar-refractivity contribution in [1.29, 1.82) is 42.1 Å². The van der Waals surface area contributed by atoms with E-state index >= 15 is 17.6 Å². The molecule has 210 valence electrons. The summed E-state index contributed by atoms with van der Waals surface area (Å²) in [6.07, 6.45) is 1.38. The molecule has 3 aromatic rings. The maximum absolute atomic E-state index is 16.9. The van der Waals surface area contributed by atoms with Crippen LogP contribution >= 0.6 is 0 Å². The summed E-state index contributed by atoms with van der Waals surface area (Å²) in [7, 11) is 0. The Labute approximate surface area is 253 Å². The lowest BCUT2D eigenvalue weighted by Gasteiger charge is -2.14. The van der Waals surface area contributed by atoms with Crippen molar-refractivity contribution in [3.63, 3.8) is 0 Å². The number of fused-ring (bicyclic) bond motifs is 2.